The van der Waals surface area contributed by atoms with Crippen molar-refractivity contribution < 1.29 is 9.32 Å². The summed E-state index contributed by atoms with van der Waals surface area (Å²) in [6, 6.07) is 3.76. The number of aryl methyl sites for hydroxylation is 1. The molecule has 1 heterocycles. The van der Waals surface area contributed by atoms with E-state index in [4.69, 9.17) is 9.78 Å². The Morgan fingerprint density at radius 3 is 3.12 bits per heavy atom. The Hall–Kier alpha value is -1.87. The van der Waals surface area contributed by atoms with Crippen LogP contribution in [0.25, 0.3) is 0 Å². The van der Waals surface area contributed by atoms with Crippen LogP contribution >= 0.6 is 0 Å². The second-order valence-electron chi connectivity index (χ2n) is 3.30. The van der Waals surface area contributed by atoms with Crippen molar-refractivity contribution in [3.05, 3.63) is 17.5 Å². The van der Waals surface area contributed by atoms with Gasteiger partial charge in [-0.3, -0.25) is 4.79 Å². The van der Waals surface area contributed by atoms with E-state index in [0.717, 1.165) is 5.69 Å². The number of nitrogens with one attached hydrogen (secondary N) is 2. The van der Waals surface area contributed by atoms with E-state index in [-0.39, 0.29) is 12.5 Å². The van der Waals surface area contributed by atoms with Gasteiger partial charge in [0.1, 0.15) is 0 Å². The van der Waals surface area contributed by atoms with Crippen LogP contribution in [0.2, 0.25) is 0 Å². The Kier molecular flexibility index (Phi) is 5.02. The van der Waals surface area contributed by atoms with Crippen LogP contribution < -0.4 is 10.6 Å². The second-order valence-corrected chi connectivity index (χ2v) is 3.30. The molecule has 1 amide bonds. The first-order chi connectivity index (χ1) is 7.72. The molecule has 0 aliphatic rings. The molecule has 1 aromatic heterocycles. The van der Waals surface area contributed by atoms with Crippen molar-refractivity contribution in [2.24, 2.45) is 0 Å². The largest absolute Gasteiger partial charge is 0.360 e. The van der Waals surface area contributed by atoms with Gasteiger partial charge in [-0.05, 0) is 6.92 Å². The Balaban J connectivity index is 2.11. The average molecular weight is 222 g/mol. The van der Waals surface area contributed by atoms with Crippen LogP contribution in [0.3, 0.4) is 0 Å². The third-order valence-corrected chi connectivity index (χ3v) is 1.82. The minimum absolute atomic E-state index is 0.133. The standard InChI is InChI=1S/C10H14N4O2/c1-8-5-9(16-14-8)6-12-7-10(15)13-4-2-3-11/h5,12H,2,4,6-7H2,1H3,(H,13,15). The summed E-state index contributed by atoms with van der Waals surface area (Å²) in [6.07, 6.45) is 0.326. The number of rotatable bonds is 6. The summed E-state index contributed by atoms with van der Waals surface area (Å²) >= 11 is 0. The maximum atomic E-state index is 11.2. The number of hydrogen-bond donors (Lipinski definition) is 2. The molecule has 0 bridgehead atoms. The number of hydrogen-bond acceptors (Lipinski definition) is 5. The molecular formula is C10H14N4O2. The van der Waals surface area contributed by atoms with Gasteiger partial charge in [-0.25, -0.2) is 0 Å². The number of nitriles is 1. The van der Waals surface area contributed by atoms with Crippen LogP contribution in [0, 0.1) is 18.3 Å². The van der Waals surface area contributed by atoms with Crippen molar-refractivity contribution in [2.75, 3.05) is 13.1 Å². The molecule has 0 radical (unpaired) electrons. The van der Waals surface area contributed by atoms with Gasteiger partial charge in [0.15, 0.2) is 5.76 Å². The molecule has 0 fully saturated rings. The van der Waals surface area contributed by atoms with Crippen LogP contribution in [-0.4, -0.2) is 24.2 Å². The summed E-state index contributed by atoms with van der Waals surface area (Å²) < 4.78 is 4.96. The molecule has 0 saturated carbocycles. The smallest absolute Gasteiger partial charge is 0.234 e. The van der Waals surface area contributed by atoms with Gasteiger partial charge in [-0.1, -0.05) is 5.16 Å². The molecule has 86 valence electrons. The van der Waals surface area contributed by atoms with E-state index in [2.05, 4.69) is 15.8 Å². The molecule has 0 aliphatic heterocycles. The summed E-state index contributed by atoms with van der Waals surface area (Å²) in [4.78, 5) is 11.2. The predicted octanol–water partition coefficient (Wildman–Crippen LogP) is 0.102. The van der Waals surface area contributed by atoms with Crippen molar-refractivity contribution in [3.8, 4) is 6.07 Å². The molecule has 1 aromatic rings. The van der Waals surface area contributed by atoms with Gasteiger partial charge in [-0.15, -0.1) is 0 Å². The maximum Gasteiger partial charge on any atom is 0.234 e. The van der Waals surface area contributed by atoms with E-state index in [9.17, 15) is 4.79 Å². The highest BCUT2D eigenvalue weighted by Crippen LogP contribution is 2.00. The lowest BCUT2D eigenvalue weighted by atomic mass is 10.4. The van der Waals surface area contributed by atoms with Gasteiger partial charge >= 0.3 is 0 Å². The lowest BCUT2D eigenvalue weighted by molar-refractivity contribution is -0.120. The van der Waals surface area contributed by atoms with Gasteiger partial charge < -0.3 is 15.2 Å². The quantitative estimate of drug-likeness (QED) is 0.666. The third kappa shape index (κ3) is 4.57. The highest BCUT2D eigenvalue weighted by molar-refractivity contribution is 5.77. The molecule has 0 aromatic carbocycles. The van der Waals surface area contributed by atoms with E-state index in [1.807, 2.05) is 13.0 Å². The Bertz CT molecular complexity index is 380. The maximum absolute atomic E-state index is 11.2. The molecule has 0 saturated heterocycles. The summed E-state index contributed by atoms with van der Waals surface area (Å²) in [6.45, 7) is 2.89. The van der Waals surface area contributed by atoms with Gasteiger partial charge in [-0.2, -0.15) is 5.26 Å². The van der Waals surface area contributed by atoms with Crippen molar-refractivity contribution in [2.45, 2.75) is 19.9 Å². The topological polar surface area (TPSA) is 91.0 Å². The zero-order chi connectivity index (χ0) is 11.8. The number of aromatic nitrogens is 1. The van der Waals surface area contributed by atoms with Gasteiger partial charge in [0.2, 0.25) is 5.91 Å². The number of carbonyl (C=O) groups excluding carboxylic acids is 1. The fraction of sp³-hybridized carbons (Fsp3) is 0.500. The first-order valence-electron chi connectivity index (χ1n) is 4.99. The fourth-order valence-corrected chi connectivity index (χ4v) is 1.12. The molecule has 1 rings (SSSR count). The summed E-state index contributed by atoms with van der Waals surface area (Å²) in [5, 5.41) is 17.5. The van der Waals surface area contributed by atoms with Crippen LogP contribution in [0.15, 0.2) is 10.6 Å². The molecule has 16 heavy (non-hydrogen) atoms. The summed E-state index contributed by atoms with van der Waals surface area (Å²) in [5.41, 5.74) is 0.815. The number of amides is 1. The molecule has 0 aliphatic carbocycles. The first-order valence-corrected chi connectivity index (χ1v) is 4.99. The van der Waals surface area contributed by atoms with E-state index < -0.39 is 0 Å². The molecule has 6 heteroatoms. The summed E-state index contributed by atoms with van der Waals surface area (Å²) in [5.74, 6) is 0.564. The zero-order valence-corrected chi connectivity index (χ0v) is 9.12. The van der Waals surface area contributed by atoms with Crippen LogP contribution in [0.1, 0.15) is 17.9 Å². The lowest BCUT2D eigenvalue weighted by Gasteiger charge is -2.02. The average Bonchev–Trinajstić information content (AvgIpc) is 2.65. The first kappa shape index (κ1) is 12.2. The minimum atomic E-state index is -0.133. The number of nitrogens with zero attached hydrogens (tertiary/aromatic N) is 2. The van der Waals surface area contributed by atoms with Crippen LogP contribution in [0.4, 0.5) is 0 Å². The minimum Gasteiger partial charge on any atom is -0.360 e. The van der Waals surface area contributed by atoms with E-state index in [0.29, 0.717) is 25.3 Å². The Morgan fingerprint density at radius 1 is 1.69 bits per heavy atom. The van der Waals surface area contributed by atoms with Crippen LogP contribution in [-0.2, 0) is 11.3 Å². The molecule has 6 nitrogen and oxygen atoms in total. The van der Waals surface area contributed by atoms with Crippen molar-refractivity contribution >= 4 is 5.91 Å². The van der Waals surface area contributed by atoms with E-state index >= 15 is 0 Å². The van der Waals surface area contributed by atoms with E-state index in [1.54, 1.807) is 6.07 Å². The van der Waals surface area contributed by atoms with Gasteiger partial charge in [0, 0.05) is 12.6 Å². The summed E-state index contributed by atoms with van der Waals surface area (Å²) in [7, 11) is 0. The normalized spacial score (nSPS) is 9.75. The van der Waals surface area contributed by atoms with E-state index in [1.165, 1.54) is 0 Å². The van der Waals surface area contributed by atoms with Crippen molar-refractivity contribution in [1.82, 2.24) is 15.8 Å². The molecule has 0 spiro atoms. The van der Waals surface area contributed by atoms with Crippen molar-refractivity contribution in [3.63, 3.8) is 0 Å². The molecule has 0 atom stereocenters. The second kappa shape index (κ2) is 6.58. The van der Waals surface area contributed by atoms with Gasteiger partial charge in [0.25, 0.3) is 0 Å². The highest BCUT2D eigenvalue weighted by Gasteiger charge is 2.02. The van der Waals surface area contributed by atoms with Crippen LogP contribution in [0.5, 0.6) is 0 Å². The lowest BCUT2D eigenvalue weighted by Crippen LogP contribution is -2.33. The monoisotopic (exact) mass is 222 g/mol. The zero-order valence-electron chi connectivity index (χ0n) is 9.12. The fourth-order valence-electron chi connectivity index (χ4n) is 1.12. The third-order valence-electron chi connectivity index (χ3n) is 1.82. The van der Waals surface area contributed by atoms with Gasteiger partial charge in [0.05, 0.1) is 31.3 Å². The molecule has 2 N–H and O–H groups in total. The SMILES string of the molecule is Cc1cc(CNCC(=O)NCCC#N)on1. The van der Waals surface area contributed by atoms with Crippen molar-refractivity contribution in [1.29, 1.82) is 5.26 Å². The Labute approximate surface area is 93.6 Å². The predicted molar refractivity (Wildman–Crippen MR) is 56.2 cm³/mol. The Morgan fingerprint density at radius 2 is 2.50 bits per heavy atom. The molecule has 0 unspecified atom stereocenters. The molecular weight excluding hydrogens is 208 g/mol. The highest BCUT2D eigenvalue weighted by atomic mass is 16.5. The number of carbonyl (C=O) groups is 1.